The molecule has 2 aromatic rings. The predicted molar refractivity (Wildman–Crippen MR) is 72.3 cm³/mol. The standard InChI is InChI=1S/C15H15NO3/c1-10-13(15(17)19-3)8-9-14(16-10)11-4-6-12(18-2)7-5-11/h4-9H,1-3H3. The molecular formula is C15H15NO3. The number of hydrogen-bond donors (Lipinski definition) is 0. The van der Waals surface area contributed by atoms with Gasteiger partial charge in [0.25, 0.3) is 0 Å². The van der Waals surface area contributed by atoms with Crippen LogP contribution in [-0.2, 0) is 4.74 Å². The lowest BCUT2D eigenvalue weighted by Gasteiger charge is -2.07. The van der Waals surface area contributed by atoms with Gasteiger partial charge in [-0.25, -0.2) is 4.79 Å². The van der Waals surface area contributed by atoms with Crippen LogP contribution >= 0.6 is 0 Å². The van der Waals surface area contributed by atoms with E-state index in [9.17, 15) is 4.79 Å². The van der Waals surface area contributed by atoms with Crippen molar-refractivity contribution < 1.29 is 14.3 Å². The highest BCUT2D eigenvalue weighted by molar-refractivity contribution is 5.90. The van der Waals surface area contributed by atoms with Crippen molar-refractivity contribution in [2.45, 2.75) is 6.92 Å². The molecule has 0 aliphatic heterocycles. The molecule has 0 spiro atoms. The summed E-state index contributed by atoms with van der Waals surface area (Å²) in [5, 5.41) is 0. The Balaban J connectivity index is 2.35. The second-order valence-electron chi connectivity index (χ2n) is 4.05. The lowest BCUT2D eigenvalue weighted by Crippen LogP contribution is -2.05. The number of esters is 1. The summed E-state index contributed by atoms with van der Waals surface area (Å²) in [6, 6.07) is 11.1. The van der Waals surface area contributed by atoms with Gasteiger partial charge in [-0.2, -0.15) is 0 Å². The van der Waals surface area contributed by atoms with E-state index in [1.165, 1.54) is 7.11 Å². The van der Waals surface area contributed by atoms with E-state index in [-0.39, 0.29) is 5.97 Å². The van der Waals surface area contributed by atoms with Crippen LogP contribution < -0.4 is 4.74 Å². The van der Waals surface area contributed by atoms with Gasteiger partial charge >= 0.3 is 5.97 Å². The van der Waals surface area contributed by atoms with E-state index in [1.54, 1.807) is 26.2 Å². The van der Waals surface area contributed by atoms with Crippen molar-refractivity contribution >= 4 is 5.97 Å². The fourth-order valence-corrected chi connectivity index (χ4v) is 1.81. The van der Waals surface area contributed by atoms with Gasteiger partial charge in [0.1, 0.15) is 5.75 Å². The van der Waals surface area contributed by atoms with Crippen LogP contribution in [0.3, 0.4) is 0 Å². The molecule has 0 saturated carbocycles. The van der Waals surface area contributed by atoms with Gasteiger partial charge in [0.05, 0.1) is 31.2 Å². The zero-order valence-electron chi connectivity index (χ0n) is 11.1. The zero-order valence-corrected chi connectivity index (χ0v) is 11.1. The Morgan fingerprint density at radius 3 is 2.26 bits per heavy atom. The number of carbonyl (C=O) groups excluding carboxylic acids is 1. The molecule has 0 aliphatic carbocycles. The van der Waals surface area contributed by atoms with Gasteiger partial charge in [-0.1, -0.05) is 0 Å². The number of ether oxygens (including phenoxy) is 2. The maximum absolute atomic E-state index is 11.5. The van der Waals surface area contributed by atoms with Gasteiger partial charge in [-0.05, 0) is 43.3 Å². The molecule has 1 aromatic heterocycles. The van der Waals surface area contributed by atoms with Crippen molar-refractivity contribution in [3.63, 3.8) is 0 Å². The van der Waals surface area contributed by atoms with Gasteiger partial charge < -0.3 is 9.47 Å². The van der Waals surface area contributed by atoms with Crippen molar-refractivity contribution in [2.75, 3.05) is 14.2 Å². The van der Waals surface area contributed by atoms with Gasteiger partial charge in [-0.15, -0.1) is 0 Å². The molecule has 4 heteroatoms. The van der Waals surface area contributed by atoms with Crippen LogP contribution in [0, 0.1) is 6.92 Å². The fourth-order valence-electron chi connectivity index (χ4n) is 1.81. The van der Waals surface area contributed by atoms with E-state index >= 15 is 0 Å². The van der Waals surface area contributed by atoms with Crippen LogP contribution in [0.25, 0.3) is 11.3 Å². The van der Waals surface area contributed by atoms with Crippen LogP contribution in [0.4, 0.5) is 0 Å². The summed E-state index contributed by atoms with van der Waals surface area (Å²) < 4.78 is 9.81. The third-order valence-corrected chi connectivity index (χ3v) is 2.88. The Labute approximate surface area is 112 Å². The van der Waals surface area contributed by atoms with Gasteiger partial charge in [0.15, 0.2) is 0 Å². The summed E-state index contributed by atoms with van der Waals surface area (Å²) in [4.78, 5) is 15.9. The van der Waals surface area contributed by atoms with Crippen molar-refractivity contribution in [1.29, 1.82) is 0 Å². The number of aromatic nitrogens is 1. The Morgan fingerprint density at radius 1 is 1.05 bits per heavy atom. The average Bonchev–Trinajstić information content (AvgIpc) is 2.46. The zero-order chi connectivity index (χ0) is 13.8. The van der Waals surface area contributed by atoms with Crippen LogP contribution in [0.15, 0.2) is 36.4 Å². The highest BCUT2D eigenvalue weighted by Gasteiger charge is 2.11. The molecule has 0 bridgehead atoms. The summed E-state index contributed by atoms with van der Waals surface area (Å²) in [7, 11) is 2.99. The summed E-state index contributed by atoms with van der Waals surface area (Å²) in [6.07, 6.45) is 0. The van der Waals surface area contributed by atoms with Crippen LogP contribution in [0.2, 0.25) is 0 Å². The molecule has 1 aromatic carbocycles. The maximum Gasteiger partial charge on any atom is 0.339 e. The Morgan fingerprint density at radius 2 is 1.74 bits per heavy atom. The number of hydrogen-bond acceptors (Lipinski definition) is 4. The van der Waals surface area contributed by atoms with E-state index < -0.39 is 0 Å². The molecular weight excluding hydrogens is 242 g/mol. The van der Waals surface area contributed by atoms with Gasteiger partial charge in [-0.3, -0.25) is 4.98 Å². The second kappa shape index (κ2) is 5.52. The molecule has 0 radical (unpaired) electrons. The Bertz CT molecular complexity index is 591. The summed E-state index contributed by atoms with van der Waals surface area (Å²) in [5.74, 6) is 0.429. The molecule has 0 fully saturated rings. The highest BCUT2D eigenvalue weighted by Crippen LogP contribution is 2.22. The molecule has 0 amide bonds. The topological polar surface area (TPSA) is 48.4 Å². The molecule has 1 heterocycles. The molecule has 0 N–H and O–H groups in total. The molecule has 0 saturated heterocycles. The minimum atomic E-state index is -0.369. The first kappa shape index (κ1) is 13.1. The average molecular weight is 257 g/mol. The molecule has 4 nitrogen and oxygen atoms in total. The summed E-state index contributed by atoms with van der Waals surface area (Å²) in [6.45, 7) is 1.79. The fraction of sp³-hybridized carbons (Fsp3) is 0.200. The highest BCUT2D eigenvalue weighted by atomic mass is 16.5. The smallest absolute Gasteiger partial charge is 0.339 e. The van der Waals surface area contributed by atoms with E-state index in [4.69, 9.17) is 9.47 Å². The van der Waals surface area contributed by atoms with E-state index in [1.807, 2.05) is 24.3 Å². The first-order valence-electron chi connectivity index (χ1n) is 5.86. The van der Waals surface area contributed by atoms with Gasteiger partial charge in [0.2, 0.25) is 0 Å². The summed E-state index contributed by atoms with van der Waals surface area (Å²) in [5.41, 5.74) is 2.92. The number of carbonyl (C=O) groups is 1. The lowest BCUT2D eigenvalue weighted by molar-refractivity contribution is 0.0599. The van der Waals surface area contributed by atoms with Crippen molar-refractivity contribution in [1.82, 2.24) is 4.98 Å². The third-order valence-electron chi connectivity index (χ3n) is 2.88. The second-order valence-corrected chi connectivity index (χ2v) is 4.05. The number of nitrogens with zero attached hydrogens (tertiary/aromatic N) is 1. The normalized spacial score (nSPS) is 10.1. The quantitative estimate of drug-likeness (QED) is 0.793. The minimum absolute atomic E-state index is 0.369. The van der Waals surface area contributed by atoms with Gasteiger partial charge in [0, 0.05) is 5.56 Å². The van der Waals surface area contributed by atoms with Crippen LogP contribution in [0.5, 0.6) is 5.75 Å². The monoisotopic (exact) mass is 257 g/mol. The maximum atomic E-state index is 11.5. The van der Waals surface area contributed by atoms with E-state index in [2.05, 4.69) is 4.98 Å². The van der Waals surface area contributed by atoms with Crippen molar-refractivity contribution in [3.8, 4) is 17.0 Å². The van der Waals surface area contributed by atoms with Crippen molar-refractivity contribution in [2.24, 2.45) is 0 Å². The molecule has 98 valence electrons. The molecule has 2 rings (SSSR count). The van der Waals surface area contributed by atoms with Crippen LogP contribution in [0.1, 0.15) is 16.1 Å². The number of rotatable bonds is 3. The number of aryl methyl sites for hydroxylation is 1. The predicted octanol–water partition coefficient (Wildman–Crippen LogP) is 2.85. The van der Waals surface area contributed by atoms with E-state index in [0.717, 1.165) is 17.0 Å². The third kappa shape index (κ3) is 2.73. The first-order chi connectivity index (χ1) is 9.15. The molecule has 0 aliphatic rings. The number of benzene rings is 1. The largest absolute Gasteiger partial charge is 0.497 e. The Kier molecular flexibility index (Phi) is 3.80. The number of methoxy groups -OCH3 is 2. The van der Waals surface area contributed by atoms with E-state index in [0.29, 0.717) is 11.3 Å². The SMILES string of the molecule is COC(=O)c1ccc(-c2ccc(OC)cc2)nc1C. The van der Waals surface area contributed by atoms with Crippen molar-refractivity contribution in [3.05, 3.63) is 47.7 Å². The summed E-state index contributed by atoms with van der Waals surface area (Å²) >= 11 is 0. The molecule has 19 heavy (non-hydrogen) atoms. The Hall–Kier alpha value is -2.36. The molecule has 0 unspecified atom stereocenters. The minimum Gasteiger partial charge on any atom is -0.497 e. The van der Waals surface area contributed by atoms with Crippen LogP contribution in [-0.4, -0.2) is 25.2 Å². The molecule has 0 atom stereocenters. The number of pyridine rings is 1. The lowest BCUT2D eigenvalue weighted by atomic mass is 10.1. The first-order valence-corrected chi connectivity index (χ1v) is 5.86.